The molecule has 110 valence electrons. The lowest BCUT2D eigenvalue weighted by molar-refractivity contribution is 0.434. The molecule has 0 aliphatic carbocycles. The van der Waals surface area contributed by atoms with Crippen LogP contribution in [0.2, 0.25) is 0 Å². The second-order valence-corrected chi connectivity index (χ2v) is 6.64. The fourth-order valence-corrected chi connectivity index (χ4v) is 4.04. The Kier molecular flexibility index (Phi) is 5.73. The molecular weight excluding hydrogens is 284 g/mol. The van der Waals surface area contributed by atoms with Gasteiger partial charge in [0.1, 0.15) is 4.99 Å². The Morgan fingerprint density at radius 3 is 2.90 bits per heavy atom. The highest BCUT2D eigenvalue weighted by Crippen LogP contribution is 2.34. The summed E-state index contributed by atoms with van der Waals surface area (Å²) in [5.41, 5.74) is 8.31. The number of nitrogens with two attached hydrogens (primary N) is 1. The Labute approximate surface area is 132 Å². The molecule has 0 bridgehead atoms. The maximum Gasteiger partial charge on any atom is 0.107 e. The van der Waals surface area contributed by atoms with Crippen molar-refractivity contribution in [1.82, 2.24) is 0 Å². The molecule has 0 aromatic heterocycles. The molecule has 1 aromatic carbocycles. The maximum atomic E-state index is 6.01. The smallest absolute Gasteiger partial charge is 0.107 e. The van der Waals surface area contributed by atoms with Gasteiger partial charge in [-0.25, -0.2) is 0 Å². The Bertz CT molecular complexity index is 472. The van der Waals surface area contributed by atoms with Crippen LogP contribution in [0.5, 0.6) is 0 Å². The van der Waals surface area contributed by atoms with Crippen LogP contribution in [-0.4, -0.2) is 23.8 Å². The molecule has 2 nitrogen and oxygen atoms in total. The van der Waals surface area contributed by atoms with Crippen molar-refractivity contribution in [2.75, 3.05) is 17.7 Å². The highest BCUT2D eigenvalue weighted by Gasteiger charge is 2.25. The van der Waals surface area contributed by atoms with Crippen LogP contribution in [0.3, 0.4) is 0 Å². The molecule has 1 fully saturated rings. The number of nitrogens with zero attached hydrogens (tertiary/aromatic N) is 1. The minimum Gasteiger partial charge on any atom is -0.389 e. The first-order valence-electron chi connectivity index (χ1n) is 7.42. The third-order valence-corrected chi connectivity index (χ3v) is 5.01. The minimum atomic E-state index is 0.519. The normalized spacial score (nSPS) is 19.1. The molecule has 1 unspecified atom stereocenters. The third kappa shape index (κ3) is 3.29. The molecule has 1 aromatic rings. The number of thiocarbonyl (C=S) groups is 1. The molecule has 1 atom stereocenters. The predicted molar refractivity (Wildman–Crippen MR) is 94.0 cm³/mol. The summed E-state index contributed by atoms with van der Waals surface area (Å²) >= 11 is 7.04. The third-order valence-electron chi connectivity index (χ3n) is 4.03. The van der Waals surface area contributed by atoms with Gasteiger partial charge in [0.25, 0.3) is 0 Å². The number of anilines is 1. The lowest BCUT2D eigenvalue weighted by atomic mass is 9.96. The van der Waals surface area contributed by atoms with Crippen LogP contribution in [0, 0.1) is 0 Å². The van der Waals surface area contributed by atoms with Crippen molar-refractivity contribution < 1.29 is 0 Å². The molecule has 1 saturated heterocycles. The molecule has 1 aliphatic heterocycles. The highest BCUT2D eigenvalue weighted by atomic mass is 32.2. The van der Waals surface area contributed by atoms with Gasteiger partial charge in [-0.2, -0.15) is 0 Å². The topological polar surface area (TPSA) is 29.3 Å². The zero-order valence-electron chi connectivity index (χ0n) is 12.4. The van der Waals surface area contributed by atoms with E-state index in [0.717, 1.165) is 12.1 Å². The zero-order valence-corrected chi connectivity index (χ0v) is 14.0. The molecule has 2 rings (SSSR count). The van der Waals surface area contributed by atoms with Crippen LogP contribution in [-0.2, 0) is 0 Å². The van der Waals surface area contributed by atoms with Crippen LogP contribution < -0.4 is 10.6 Å². The van der Waals surface area contributed by atoms with E-state index in [0.29, 0.717) is 11.0 Å². The maximum absolute atomic E-state index is 6.01. The van der Waals surface area contributed by atoms with Crippen LogP contribution in [0.15, 0.2) is 23.1 Å². The van der Waals surface area contributed by atoms with E-state index in [9.17, 15) is 0 Å². The fourth-order valence-electron chi connectivity index (χ4n) is 3.13. The van der Waals surface area contributed by atoms with Gasteiger partial charge in [-0.05, 0) is 44.1 Å². The van der Waals surface area contributed by atoms with Gasteiger partial charge in [0.05, 0.1) is 0 Å². The van der Waals surface area contributed by atoms with E-state index in [1.54, 1.807) is 11.8 Å². The molecule has 20 heavy (non-hydrogen) atoms. The van der Waals surface area contributed by atoms with Gasteiger partial charge in [0.15, 0.2) is 0 Å². The van der Waals surface area contributed by atoms with Gasteiger partial charge < -0.3 is 10.6 Å². The van der Waals surface area contributed by atoms with E-state index < -0.39 is 0 Å². The van der Waals surface area contributed by atoms with Crippen molar-refractivity contribution in [1.29, 1.82) is 0 Å². The summed E-state index contributed by atoms with van der Waals surface area (Å²) < 4.78 is 0. The van der Waals surface area contributed by atoms with E-state index in [1.807, 2.05) is 0 Å². The Morgan fingerprint density at radius 1 is 1.45 bits per heavy atom. The molecule has 4 heteroatoms. The quantitative estimate of drug-likeness (QED) is 0.652. The fraction of sp³-hybridized carbons (Fsp3) is 0.562. The largest absolute Gasteiger partial charge is 0.389 e. The SMILES string of the molecule is CCCC1CCCCN1c1cccc(SC)c1C(N)=S. The monoisotopic (exact) mass is 308 g/mol. The number of piperidine rings is 1. The minimum absolute atomic E-state index is 0.519. The van der Waals surface area contributed by atoms with Crippen molar-refractivity contribution in [3.8, 4) is 0 Å². The van der Waals surface area contributed by atoms with Gasteiger partial charge in [-0.15, -0.1) is 11.8 Å². The lowest BCUT2D eigenvalue weighted by Gasteiger charge is -2.39. The van der Waals surface area contributed by atoms with E-state index in [2.05, 4.69) is 36.3 Å². The number of thioether (sulfide) groups is 1. The molecule has 2 N–H and O–H groups in total. The summed E-state index contributed by atoms with van der Waals surface area (Å²) in [4.78, 5) is 4.25. The molecule has 0 radical (unpaired) electrons. The number of rotatable bonds is 5. The second-order valence-electron chi connectivity index (χ2n) is 5.35. The summed E-state index contributed by atoms with van der Waals surface area (Å²) in [7, 11) is 0. The van der Waals surface area contributed by atoms with E-state index >= 15 is 0 Å². The summed E-state index contributed by atoms with van der Waals surface area (Å²) in [5, 5.41) is 0. The average molecular weight is 309 g/mol. The molecular formula is C16H24N2S2. The van der Waals surface area contributed by atoms with E-state index in [-0.39, 0.29) is 0 Å². The van der Waals surface area contributed by atoms with E-state index in [1.165, 1.54) is 42.7 Å². The van der Waals surface area contributed by atoms with Gasteiger partial charge in [-0.1, -0.05) is 31.6 Å². The number of benzene rings is 1. The van der Waals surface area contributed by atoms with Crippen molar-refractivity contribution in [2.24, 2.45) is 5.73 Å². The molecule has 0 saturated carbocycles. The van der Waals surface area contributed by atoms with Crippen molar-refractivity contribution in [3.05, 3.63) is 23.8 Å². The summed E-state index contributed by atoms with van der Waals surface area (Å²) in [6, 6.07) is 7.06. The summed E-state index contributed by atoms with van der Waals surface area (Å²) in [6.45, 7) is 3.39. The zero-order chi connectivity index (χ0) is 14.5. The van der Waals surface area contributed by atoms with Gasteiger partial charge in [0.2, 0.25) is 0 Å². The van der Waals surface area contributed by atoms with Crippen LogP contribution in [0.1, 0.15) is 44.6 Å². The van der Waals surface area contributed by atoms with Crippen LogP contribution in [0.25, 0.3) is 0 Å². The standard InChI is InChI=1S/C16H24N2S2/c1-3-7-12-8-4-5-11-18(12)13-9-6-10-14(20-2)15(13)16(17)19/h6,9-10,12H,3-5,7-8,11H2,1-2H3,(H2,17,19). The average Bonchev–Trinajstić information content (AvgIpc) is 2.47. The number of hydrogen-bond acceptors (Lipinski definition) is 3. The Morgan fingerprint density at radius 2 is 2.25 bits per heavy atom. The Balaban J connectivity index is 2.41. The van der Waals surface area contributed by atoms with Crippen LogP contribution >= 0.6 is 24.0 Å². The molecule has 0 amide bonds. The first-order chi connectivity index (χ1) is 9.69. The first-order valence-corrected chi connectivity index (χ1v) is 9.05. The first kappa shape index (κ1) is 15.6. The highest BCUT2D eigenvalue weighted by molar-refractivity contribution is 7.98. The molecule has 0 spiro atoms. The summed E-state index contributed by atoms with van der Waals surface area (Å²) in [5.74, 6) is 0. The van der Waals surface area contributed by atoms with Crippen LogP contribution in [0.4, 0.5) is 5.69 Å². The molecule has 1 heterocycles. The van der Waals surface area contributed by atoms with Crippen molar-refractivity contribution >= 4 is 34.7 Å². The van der Waals surface area contributed by atoms with E-state index in [4.69, 9.17) is 18.0 Å². The van der Waals surface area contributed by atoms with Gasteiger partial charge in [-0.3, -0.25) is 0 Å². The van der Waals surface area contributed by atoms with Gasteiger partial charge >= 0.3 is 0 Å². The number of hydrogen-bond donors (Lipinski definition) is 1. The van der Waals surface area contributed by atoms with Crippen molar-refractivity contribution in [3.63, 3.8) is 0 Å². The molecule has 1 aliphatic rings. The summed E-state index contributed by atoms with van der Waals surface area (Å²) in [6.07, 6.45) is 8.45. The second kappa shape index (κ2) is 7.32. The lowest BCUT2D eigenvalue weighted by Crippen LogP contribution is -2.40. The predicted octanol–water partition coefficient (Wildman–Crippen LogP) is 4.20. The van der Waals surface area contributed by atoms with Crippen molar-refractivity contribution in [2.45, 2.75) is 50.0 Å². The van der Waals surface area contributed by atoms with Gasteiger partial charge in [0, 0.05) is 28.7 Å². The Hall–Kier alpha value is -0.740.